The molecule has 5 nitrogen and oxygen atoms in total. The standard InChI is InChI=1S/C20H27N3O2/c1-22(14-19-3-2-7-25-19)12-17-9-21-10-18-13-23(6-4-20(17)18)11-16-5-8-24-15-16/h2-3,7,9-10,16H,4-6,8,11-15H2,1H3/t16-/m0/s1. The maximum absolute atomic E-state index is 5.52. The van der Waals surface area contributed by atoms with Crippen LogP contribution in [0.2, 0.25) is 0 Å². The van der Waals surface area contributed by atoms with Gasteiger partial charge in [0, 0.05) is 45.2 Å². The van der Waals surface area contributed by atoms with Gasteiger partial charge in [-0.15, -0.1) is 0 Å². The van der Waals surface area contributed by atoms with E-state index in [4.69, 9.17) is 9.15 Å². The van der Waals surface area contributed by atoms with Crippen molar-refractivity contribution >= 4 is 0 Å². The smallest absolute Gasteiger partial charge is 0.117 e. The molecule has 2 aromatic rings. The Morgan fingerprint density at radius 3 is 3.08 bits per heavy atom. The van der Waals surface area contributed by atoms with Gasteiger partial charge in [0.15, 0.2) is 0 Å². The molecule has 2 aliphatic heterocycles. The minimum atomic E-state index is 0.706. The Hall–Kier alpha value is -1.69. The highest BCUT2D eigenvalue weighted by atomic mass is 16.5. The van der Waals surface area contributed by atoms with E-state index in [2.05, 4.69) is 28.0 Å². The van der Waals surface area contributed by atoms with Crippen molar-refractivity contribution in [3.8, 4) is 0 Å². The van der Waals surface area contributed by atoms with Crippen LogP contribution in [-0.4, -0.2) is 48.1 Å². The van der Waals surface area contributed by atoms with Crippen LogP contribution in [0.4, 0.5) is 0 Å². The van der Waals surface area contributed by atoms with Crippen molar-refractivity contribution in [1.29, 1.82) is 0 Å². The van der Waals surface area contributed by atoms with Crippen LogP contribution in [0.15, 0.2) is 35.2 Å². The van der Waals surface area contributed by atoms with Crippen LogP contribution in [-0.2, 0) is 30.8 Å². The van der Waals surface area contributed by atoms with Crippen molar-refractivity contribution in [1.82, 2.24) is 14.8 Å². The molecule has 1 saturated heterocycles. The predicted octanol–water partition coefficient (Wildman–Crippen LogP) is 2.70. The quantitative estimate of drug-likeness (QED) is 0.808. The summed E-state index contributed by atoms with van der Waals surface area (Å²) in [6, 6.07) is 3.97. The van der Waals surface area contributed by atoms with Gasteiger partial charge in [0.05, 0.1) is 19.4 Å². The van der Waals surface area contributed by atoms with Gasteiger partial charge in [-0.3, -0.25) is 14.8 Å². The van der Waals surface area contributed by atoms with Crippen LogP contribution >= 0.6 is 0 Å². The van der Waals surface area contributed by atoms with Gasteiger partial charge in [0.1, 0.15) is 5.76 Å². The average Bonchev–Trinajstić information content (AvgIpc) is 3.29. The zero-order valence-electron chi connectivity index (χ0n) is 15.0. The molecular formula is C20H27N3O2. The van der Waals surface area contributed by atoms with Gasteiger partial charge in [-0.2, -0.15) is 0 Å². The monoisotopic (exact) mass is 341 g/mol. The van der Waals surface area contributed by atoms with Gasteiger partial charge >= 0.3 is 0 Å². The molecule has 4 heterocycles. The third-order valence-corrected chi connectivity index (χ3v) is 5.29. The second-order valence-electron chi connectivity index (χ2n) is 7.40. The molecule has 0 aliphatic carbocycles. The minimum Gasteiger partial charge on any atom is -0.468 e. The molecule has 2 aliphatic rings. The van der Waals surface area contributed by atoms with Crippen LogP contribution in [0.25, 0.3) is 0 Å². The normalized spacial score (nSPS) is 21.0. The molecular weight excluding hydrogens is 314 g/mol. The largest absolute Gasteiger partial charge is 0.468 e. The predicted molar refractivity (Wildman–Crippen MR) is 96.0 cm³/mol. The van der Waals surface area contributed by atoms with E-state index in [-0.39, 0.29) is 0 Å². The fraction of sp³-hybridized carbons (Fsp3) is 0.550. The lowest BCUT2D eigenvalue weighted by Gasteiger charge is -2.31. The number of furan rings is 1. The first-order valence-corrected chi connectivity index (χ1v) is 9.23. The molecule has 0 spiro atoms. The molecule has 134 valence electrons. The van der Waals surface area contributed by atoms with Crippen molar-refractivity contribution < 1.29 is 9.15 Å². The molecule has 1 atom stereocenters. The molecule has 2 aromatic heterocycles. The number of rotatable bonds is 6. The lowest BCUT2D eigenvalue weighted by atomic mass is 9.96. The highest BCUT2D eigenvalue weighted by Gasteiger charge is 2.24. The topological polar surface area (TPSA) is 41.7 Å². The number of fused-ring (bicyclic) bond motifs is 1. The number of aromatic nitrogens is 1. The maximum atomic E-state index is 5.52. The Morgan fingerprint density at radius 2 is 2.28 bits per heavy atom. The Bertz CT molecular complexity index is 680. The highest BCUT2D eigenvalue weighted by Crippen LogP contribution is 2.25. The first kappa shape index (κ1) is 16.8. The van der Waals surface area contributed by atoms with E-state index in [1.807, 2.05) is 18.3 Å². The van der Waals surface area contributed by atoms with Crippen molar-refractivity contribution in [3.05, 3.63) is 53.2 Å². The fourth-order valence-electron chi connectivity index (χ4n) is 4.03. The lowest BCUT2D eigenvalue weighted by Crippen LogP contribution is -2.35. The van der Waals surface area contributed by atoms with Gasteiger partial charge in [-0.05, 0) is 54.6 Å². The van der Waals surface area contributed by atoms with Crippen LogP contribution in [0.3, 0.4) is 0 Å². The number of pyridine rings is 1. The molecule has 0 N–H and O–H groups in total. The summed E-state index contributed by atoms with van der Waals surface area (Å²) in [5.74, 6) is 1.71. The van der Waals surface area contributed by atoms with Crippen LogP contribution in [0.5, 0.6) is 0 Å². The van der Waals surface area contributed by atoms with Crippen molar-refractivity contribution in [3.63, 3.8) is 0 Å². The first-order valence-electron chi connectivity index (χ1n) is 9.23. The van der Waals surface area contributed by atoms with Gasteiger partial charge < -0.3 is 9.15 Å². The molecule has 0 unspecified atom stereocenters. The van der Waals surface area contributed by atoms with E-state index in [0.717, 1.165) is 58.1 Å². The number of nitrogens with zero attached hydrogens (tertiary/aromatic N) is 3. The van der Waals surface area contributed by atoms with Crippen molar-refractivity contribution in [2.24, 2.45) is 5.92 Å². The van der Waals surface area contributed by atoms with Crippen molar-refractivity contribution in [2.75, 3.05) is 33.4 Å². The summed E-state index contributed by atoms with van der Waals surface area (Å²) in [7, 11) is 2.14. The number of hydrogen-bond donors (Lipinski definition) is 0. The second-order valence-corrected chi connectivity index (χ2v) is 7.40. The Morgan fingerprint density at radius 1 is 1.32 bits per heavy atom. The Balaban J connectivity index is 1.40. The van der Waals surface area contributed by atoms with E-state index in [1.165, 1.54) is 23.1 Å². The third kappa shape index (κ3) is 4.11. The minimum absolute atomic E-state index is 0.706. The summed E-state index contributed by atoms with van der Waals surface area (Å²) in [4.78, 5) is 9.37. The Kier molecular flexibility index (Phi) is 5.15. The van der Waals surface area contributed by atoms with Crippen LogP contribution in [0.1, 0.15) is 28.9 Å². The average molecular weight is 341 g/mol. The maximum Gasteiger partial charge on any atom is 0.117 e. The lowest BCUT2D eigenvalue weighted by molar-refractivity contribution is 0.161. The molecule has 5 heteroatoms. The SMILES string of the molecule is CN(Cc1ccco1)Cc1cncc2c1CCN(C[C@@H]1CCOC1)C2. The van der Waals surface area contributed by atoms with E-state index in [9.17, 15) is 0 Å². The molecule has 4 rings (SSSR count). The molecule has 0 aromatic carbocycles. The summed E-state index contributed by atoms with van der Waals surface area (Å²) in [6.45, 7) is 6.92. The van der Waals surface area contributed by atoms with E-state index in [1.54, 1.807) is 6.26 Å². The second kappa shape index (κ2) is 7.68. The van der Waals surface area contributed by atoms with Gasteiger partial charge in [0.25, 0.3) is 0 Å². The highest BCUT2D eigenvalue weighted by molar-refractivity contribution is 5.34. The van der Waals surface area contributed by atoms with E-state index >= 15 is 0 Å². The molecule has 0 amide bonds. The number of ether oxygens (including phenoxy) is 1. The summed E-state index contributed by atoms with van der Waals surface area (Å²) >= 11 is 0. The summed E-state index contributed by atoms with van der Waals surface area (Å²) < 4.78 is 11.0. The van der Waals surface area contributed by atoms with Crippen LogP contribution in [0, 0.1) is 5.92 Å². The van der Waals surface area contributed by atoms with Crippen LogP contribution < -0.4 is 0 Å². The van der Waals surface area contributed by atoms with Gasteiger partial charge in [0.2, 0.25) is 0 Å². The summed E-state index contributed by atoms with van der Waals surface area (Å²) in [5.41, 5.74) is 4.25. The van der Waals surface area contributed by atoms with Crippen molar-refractivity contribution in [2.45, 2.75) is 32.5 Å². The zero-order valence-corrected chi connectivity index (χ0v) is 15.0. The third-order valence-electron chi connectivity index (χ3n) is 5.29. The Labute approximate surface area is 149 Å². The fourth-order valence-corrected chi connectivity index (χ4v) is 4.03. The molecule has 0 saturated carbocycles. The zero-order chi connectivity index (χ0) is 17.1. The van der Waals surface area contributed by atoms with E-state index in [0.29, 0.717) is 5.92 Å². The van der Waals surface area contributed by atoms with Gasteiger partial charge in [-0.25, -0.2) is 0 Å². The first-order chi connectivity index (χ1) is 12.3. The van der Waals surface area contributed by atoms with Gasteiger partial charge in [-0.1, -0.05) is 0 Å². The number of hydrogen-bond acceptors (Lipinski definition) is 5. The molecule has 25 heavy (non-hydrogen) atoms. The summed E-state index contributed by atoms with van der Waals surface area (Å²) in [5, 5.41) is 0. The molecule has 0 bridgehead atoms. The molecule has 0 radical (unpaired) electrons. The van der Waals surface area contributed by atoms with E-state index < -0.39 is 0 Å². The summed E-state index contributed by atoms with van der Waals surface area (Å²) in [6.07, 6.45) is 8.16. The molecule has 1 fully saturated rings.